The van der Waals surface area contributed by atoms with Gasteiger partial charge in [0, 0.05) is 38.4 Å². The highest BCUT2D eigenvalue weighted by Gasteiger charge is 2.25. The second-order valence-corrected chi connectivity index (χ2v) is 14.9. The van der Waals surface area contributed by atoms with Gasteiger partial charge in [0.2, 0.25) is 0 Å². The molecule has 10 aromatic carbocycles. The van der Waals surface area contributed by atoms with Crippen LogP contribution in [0.5, 0.6) is 11.5 Å². The normalized spacial score (nSPS) is 12.4. The number of fused-ring (bicyclic) bond motifs is 16. The predicted octanol–water partition coefficient (Wildman–Crippen LogP) is 13.9. The molecule has 12 aromatic rings. The molecule has 1 aliphatic rings. The van der Waals surface area contributed by atoms with Gasteiger partial charge in [-0.1, -0.05) is 121 Å². The minimum Gasteiger partial charge on any atom is -0.456 e. The van der Waals surface area contributed by atoms with Crippen molar-refractivity contribution in [3.8, 4) is 39.8 Å². The molecule has 0 unspecified atom stereocenters. The van der Waals surface area contributed by atoms with Gasteiger partial charge in [-0.3, -0.25) is 0 Å². The van der Waals surface area contributed by atoms with Crippen LogP contribution in [0.1, 0.15) is 0 Å². The fourth-order valence-electron chi connectivity index (χ4n) is 9.54. The third kappa shape index (κ3) is 3.97. The summed E-state index contributed by atoms with van der Waals surface area (Å²) in [6, 6.07) is 63.2. The van der Waals surface area contributed by atoms with E-state index in [2.05, 4.69) is 150 Å². The predicted molar refractivity (Wildman–Crippen MR) is 232 cm³/mol. The molecule has 2 aromatic heterocycles. The van der Waals surface area contributed by atoms with Gasteiger partial charge in [0.1, 0.15) is 11.5 Å². The quantitative estimate of drug-likeness (QED) is 0.168. The van der Waals surface area contributed by atoms with Crippen molar-refractivity contribution in [1.29, 1.82) is 0 Å². The number of aromatic nitrogens is 3. The Morgan fingerprint density at radius 1 is 0.411 bits per heavy atom. The molecule has 0 radical (unpaired) electrons. The molecular formula is C52H29N3O. The summed E-state index contributed by atoms with van der Waals surface area (Å²) in [7, 11) is 0. The SMILES string of the molecule is c1ccc2c(c1)Oc1cccc3nc(-c4ccc5c(c4)c4c6c7ccccc7c7ccccc7c6c6ccccc6c4n5-c4ccc5ccccc5c4)nc-2c13. The lowest BCUT2D eigenvalue weighted by molar-refractivity contribution is 0.486. The van der Waals surface area contributed by atoms with Gasteiger partial charge in [-0.05, 0) is 97.7 Å². The van der Waals surface area contributed by atoms with Crippen LogP contribution in [0.4, 0.5) is 0 Å². The van der Waals surface area contributed by atoms with Gasteiger partial charge in [0.15, 0.2) is 5.82 Å². The first-order chi connectivity index (χ1) is 27.8. The van der Waals surface area contributed by atoms with E-state index in [1.54, 1.807) is 0 Å². The van der Waals surface area contributed by atoms with E-state index in [1.807, 2.05) is 30.3 Å². The third-order valence-electron chi connectivity index (χ3n) is 11.9. The maximum atomic E-state index is 6.33. The zero-order chi connectivity index (χ0) is 36.5. The Morgan fingerprint density at radius 2 is 1.07 bits per heavy atom. The third-order valence-corrected chi connectivity index (χ3v) is 11.9. The summed E-state index contributed by atoms with van der Waals surface area (Å²) in [5, 5.41) is 15.8. The number of rotatable bonds is 2. The number of hydrogen-bond acceptors (Lipinski definition) is 3. The summed E-state index contributed by atoms with van der Waals surface area (Å²) in [4.78, 5) is 10.5. The van der Waals surface area contributed by atoms with Crippen LogP contribution in [0.15, 0.2) is 176 Å². The number of hydrogen-bond donors (Lipinski definition) is 0. The molecule has 13 rings (SSSR count). The lowest BCUT2D eigenvalue weighted by Gasteiger charge is -2.20. The van der Waals surface area contributed by atoms with Crippen LogP contribution in [0.3, 0.4) is 0 Å². The Hall–Kier alpha value is -7.56. The first-order valence-electron chi connectivity index (χ1n) is 19.1. The molecule has 0 fully saturated rings. The van der Waals surface area contributed by atoms with E-state index in [0.717, 1.165) is 55.8 Å². The van der Waals surface area contributed by atoms with Crippen LogP contribution in [0.2, 0.25) is 0 Å². The molecule has 1 aliphatic heterocycles. The molecule has 3 heterocycles. The number of nitrogens with zero attached hydrogens (tertiary/aromatic N) is 3. The van der Waals surface area contributed by atoms with E-state index in [4.69, 9.17) is 14.7 Å². The monoisotopic (exact) mass is 711 g/mol. The Morgan fingerprint density at radius 3 is 1.89 bits per heavy atom. The summed E-state index contributed by atoms with van der Waals surface area (Å²) in [5.41, 5.74) is 7.16. The summed E-state index contributed by atoms with van der Waals surface area (Å²) in [6.45, 7) is 0. The Bertz CT molecular complexity index is 3690. The summed E-state index contributed by atoms with van der Waals surface area (Å²) in [5.74, 6) is 2.29. The zero-order valence-electron chi connectivity index (χ0n) is 30.0. The standard InChI is InChI=1S/C52H29N3O/c1-2-13-31-28-33(26-24-30(31)12-1)55-43-27-25-32(52-53-42-21-11-23-45-49(42)50(54-52)40-20-9-10-22-44(40)56-45)29-41(43)48-47-37-17-6-4-15-35(37)34-14-3-5-16-36(34)46(47)38-18-7-8-19-39(38)51(48)55/h1-29H. The fourth-order valence-corrected chi connectivity index (χ4v) is 9.54. The van der Waals surface area contributed by atoms with Crippen LogP contribution in [-0.2, 0) is 0 Å². The van der Waals surface area contributed by atoms with Gasteiger partial charge in [-0.15, -0.1) is 0 Å². The molecule has 0 atom stereocenters. The maximum Gasteiger partial charge on any atom is 0.160 e. The van der Waals surface area contributed by atoms with Gasteiger partial charge in [0.25, 0.3) is 0 Å². The first kappa shape index (κ1) is 29.8. The lowest BCUT2D eigenvalue weighted by atomic mass is 9.88. The molecular weight excluding hydrogens is 683 g/mol. The van der Waals surface area contributed by atoms with Crippen molar-refractivity contribution in [3.63, 3.8) is 0 Å². The summed E-state index contributed by atoms with van der Waals surface area (Å²) >= 11 is 0. The topological polar surface area (TPSA) is 39.9 Å². The molecule has 0 N–H and O–H groups in total. The van der Waals surface area contributed by atoms with Gasteiger partial charge in [0.05, 0.1) is 27.6 Å². The average Bonchev–Trinajstić information content (AvgIpc) is 3.61. The van der Waals surface area contributed by atoms with Crippen LogP contribution in [-0.4, -0.2) is 14.5 Å². The molecule has 0 spiro atoms. The molecule has 0 bridgehead atoms. The van der Waals surface area contributed by atoms with Crippen LogP contribution in [0.25, 0.3) is 115 Å². The van der Waals surface area contributed by atoms with Crippen molar-refractivity contribution in [2.75, 3.05) is 0 Å². The maximum absolute atomic E-state index is 6.33. The van der Waals surface area contributed by atoms with Gasteiger partial charge < -0.3 is 9.30 Å². The number of para-hydroxylation sites is 1. The van der Waals surface area contributed by atoms with Crippen LogP contribution < -0.4 is 4.74 Å². The van der Waals surface area contributed by atoms with Gasteiger partial charge >= 0.3 is 0 Å². The lowest BCUT2D eigenvalue weighted by Crippen LogP contribution is -2.02. The Kier molecular flexibility index (Phi) is 5.86. The highest BCUT2D eigenvalue weighted by Crippen LogP contribution is 2.49. The second kappa shape index (κ2) is 11.0. The van der Waals surface area contributed by atoms with Crippen molar-refractivity contribution in [3.05, 3.63) is 176 Å². The van der Waals surface area contributed by atoms with Crippen molar-refractivity contribution in [1.82, 2.24) is 14.5 Å². The van der Waals surface area contributed by atoms with E-state index >= 15 is 0 Å². The van der Waals surface area contributed by atoms with Crippen LogP contribution in [0, 0.1) is 0 Å². The van der Waals surface area contributed by atoms with Gasteiger partial charge in [-0.2, -0.15) is 0 Å². The molecule has 4 heteroatoms. The molecule has 258 valence electrons. The van der Waals surface area contributed by atoms with E-state index in [0.29, 0.717) is 5.82 Å². The van der Waals surface area contributed by atoms with Crippen molar-refractivity contribution >= 4 is 86.6 Å². The molecule has 0 aliphatic carbocycles. The minimum absolute atomic E-state index is 0.690. The minimum atomic E-state index is 0.690. The number of ether oxygens (including phenoxy) is 1. The number of benzene rings is 10. The summed E-state index contributed by atoms with van der Waals surface area (Å²) < 4.78 is 8.82. The second-order valence-electron chi connectivity index (χ2n) is 14.9. The van der Waals surface area contributed by atoms with Crippen molar-refractivity contribution in [2.24, 2.45) is 0 Å². The Balaban J connectivity index is 1.23. The summed E-state index contributed by atoms with van der Waals surface area (Å²) in [6.07, 6.45) is 0. The molecule has 56 heavy (non-hydrogen) atoms. The van der Waals surface area contributed by atoms with Crippen molar-refractivity contribution < 1.29 is 4.74 Å². The van der Waals surface area contributed by atoms with E-state index in [-0.39, 0.29) is 0 Å². The Labute approximate surface area is 320 Å². The van der Waals surface area contributed by atoms with Gasteiger partial charge in [-0.25, -0.2) is 9.97 Å². The van der Waals surface area contributed by atoms with E-state index in [1.165, 1.54) is 64.8 Å². The van der Waals surface area contributed by atoms with E-state index in [9.17, 15) is 0 Å². The highest BCUT2D eigenvalue weighted by atomic mass is 16.5. The first-order valence-corrected chi connectivity index (χ1v) is 19.1. The molecule has 0 amide bonds. The smallest absolute Gasteiger partial charge is 0.160 e. The van der Waals surface area contributed by atoms with Crippen molar-refractivity contribution in [2.45, 2.75) is 0 Å². The molecule has 0 saturated heterocycles. The van der Waals surface area contributed by atoms with E-state index < -0.39 is 0 Å². The fraction of sp³-hybridized carbons (Fsp3) is 0. The largest absolute Gasteiger partial charge is 0.456 e. The average molecular weight is 712 g/mol. The molecule has 4 nitrogen and oxygen atoms in total. The zero-order valence-corrected chi connectivity index (χ0v) is 30.0. The molecule has 0 saturated carbocycles. The highest BCUT2D eigenvalue weighted by molar-refractivity contribution is 6.42. The van der Waals surface area contributed by atoms with Crippen LogP contribution >= 0.6 is 0 Å².